The molecule has 1 N–H and O–H groups in total. The molecular weight excluding hydrogens is 189 g/mol. The van der Waals surface area contributed by atoms with Crippen LogP contribution in [-0.2, 0) is 5.41 Å². The standard InChI is InChI=1S/C13H20FN/c1-10(2)15-9-13(3,4)11-5-7-12(14)8-6-11/h5-8,10,15H,9H2,1-4H3. The Labute approximate surface area is 91.7 Å². The molecule has 0 spiro atoms. The predicted octanol–water partition coefficient (Wildman–Crippen LogP) is 3.10. The molecular formula is C13H20FN. The Bertz CT molecular complexity index is 301. The second-order valence-corrected chi connectivity index (χ2v) is 4.93. The molecule has 84 valence electrons. The zero-order chi connectivity index (χ0) is 11.5. The molecule has 0 saturated carbocycles. The summed E-state index contributed by atoms with van der Waals surface area (Å²) in [7, 11) is 0. The van der Waals surface area contributed by atoms with Gasteiger partial charge >= 0.3 is 0 Å². The summed E-state index contributed by atoms with van der Waals surface area (Å²) in [6.07, 6.45) is 0. The highest BCUT2D eigenvalue weighted by molar-refractivity contribution is 5.24. The largest absolute Gasteiger partial charge is 0.314 e. The van der Waals surface area contributed by atoms with Crippen LogP contribution < -0.4 is 5.32 Å². The fraction of sp³-hybridized carbons (Fsp3) is 0.538. The van der Waals surface area contributed by atoms with Gasteiger partial charge < -0.3 is 5.32 Å². The van der Waals surface area contributed by atoms with Gasteiger partial charge in [-0.15, -0.1) is 0 Å². The average molecular weight is 209 g/mol. The molecule has 1 aromatic rings. The first-order valence-electron chi connectivity index (χ1n) is 5.41. The molecule has 1 rings (SSSR count). The third-order valence-corrected chi connectivity index (χ3v) is 2.58. The van der Waals surface area contributed by atoms with Crippen molar-refractivity contribution in [1.29, 1.82) is 0 Å². The lowest BCUT2D eigenvalue weighted by Gasteiger charge is -2.27. The summed E-state index contributed by atoms with van der Waals surface area (Å²) in [5.74, 6) is -0.175. The molecule has 0 amide bonds. The minimum absolute atomic E-state index is 0.0397. The first-order valence-corrected chi connectivity index (χ1v) is 5.41. The molecule has 1 aromatic carbocycles. The molecule has 2 heteroatoms. The fourth-order valence-electron chi connectivity index (χ4n) is 1.46. The highest BCUT2D eigenvalue weighted by Crippen LogP contribution is 2.22. The third-order valence-electron chi connectivity index (χ3n) is 2.58. The first-order chi connectivity index (χ1) is 6.92. The van der Waals surface area contributed by atoms with E-state index < -0.39 is 0 Å². The number of hydrogen-bond acceptors (Lipinski definition) is 1. The summed E-state index contributed by atoms with van der Waals surface area (Å²) in [5.41, 5.74) is 1.20. The van der Waals surface area contributed by atoms with E-state index >= 15 is 0 Å². The molecule has 0 aliphatic heterocycles. The van der Waals surface area contributed by atoms with Crippen molar-refractivity contribution >= 4 is 0 Å². The van der Waals surface area contributed by atoms with Crippen LogP contribution in [0.5, 0.6) is 0 Å². The summed E-state index contributed by atoms with van der Waals surface area (Å²) < 4.78 is 12.8. The van der Waals surface area contributed by atoms with E-state index in [-0.39, 0.29) is 11.2 Å². The molecule has 0 radical (unpaired) electrons. The second-order valence-electron chi connectivity index (χ2n) is 4.93. The fourth-order valence-corrected chi connectivity index (χ4v) is 1.46. The minimum atomic E-state index is -0.175. The van der Waals surface area contributed by atoms with Crippen molar-refractivity contribution < 1.29 is 4.39 Å². The monoisotopic (exact) mass is 209 g/mol. The first kappa shape index (κ1) is 12.2. The molecule has 0 aliphatic rings. The van der Waals surface area contributed by atoms with Crippen LogP contribution >= 0.6 is 0 Å². The quantitative estimate of drug-likeness (QED) is 0.803. The average Bonchev–Trinajstić information content (AvgIpc) is 2.16. The highest BCUT2D eigenvalue weighted by atomic mass is 19.1. The van der Waals surface area contributed by atoms with Crippen LogP contribution in [0.15, 0.2) is 24.3 Å². The van der Waals surface area contributed by atoms with Gasteiger partial charge in [-0.2, -0.15) is 0 Å². The van der Waals surface area contributed by atoms with E-state index in [0.717, 1.165) is 12.1 Å². The van der Waals surface area contributed by atoms with Crippen molar-refractivity contribution in [2.75, 3.05) is 6.54 Å². The van der Waals surface area contributed by atoms with Crippen molar-refractivity contribution in [2.45, 2.75) is 39.2 Å². The van der Waals surface area contributed by atoms with E-state index in [9.17, 15) is 4.39 Å². The second kappa shape index (κ2) is 4.75. The molecule has 0 heterocycles. The maximum Gasteiger partial charge on any atom is 0.123 e. The Morgan fingerprint density at radius 2 is 1.73 bits per heavy atom. The molecule has 0 aromatic heterocycles. The van der Waals surface area contributed by atoms with Gasteiger partial charge in [-0.25, -0.2) is 4.39 Å². The lowest BCUT2D eigenvalue weighted by molar-refractivity contribution is 0.441. The third kappa shape index (κ3) is 3.63. The van der Waals surface area contributed by atoms with Crippen LogP contribution in [0.2, 0.25) is 0 Å². The van der Waals surface area contributed by atoms with Crippen molar-refractivity contribution in [1.82, 2.24) is 5.32 Å². The molecule has 0 saturated heterocycles. The van der Waals surface area contributed by atoms with Gasteiger partial charge in [0.2, 0.25) is 0 Å². The maximum atomic E-state index is 12.8. The summed E-state index contributed by atoms with van der Waals surface area (Å²) >= 11 is 0. The van der Waals surface area contributed by atoms with Gasteiger partial charge in [-0.3, -0.25) is 0 Å². The van der Waals surface area contributed by atoms with E-state index in [1.807, 2.05) is 12.1 Å². The maximum absolute atomic E-state index is 12.8. The SMILES string of the molecule is CC(C)NCC(C)(C)c1ccc(F)cc1. The van der Waals surface area contributed by atoms with Crippen molar-refractivity contribution in [2.24, 2.45) is 0 Å². The van der Waals surface area contributed by atoms with Crippen LogP contribution in [0.25, 0.3) is 0 Å². The lowest BCUT2D eigenvalue weighted by Crippen LogP contribution is -2.36. The highest BCUT2D eigenvalue weighted by Gasteiger charge is 2.20. The minimum Gasteiger partial charge on any atom is -0.314 e. The van der Waals surface area contributed by atoms with E-state index in [0.29, 0.717) is 6.04 Å². The Kier molecular flexibility index (Phi) is 3.86. The van der Waals surface area contributed by atoms with Crippen molar-refractivity contribution in [3.8, 4) is 0 Å². The lowest BCUT2D eigenvalue weighted by atomic mass is 9.84. The number of hydrogen-bond donors (Lipinski definition) is 1. The summed E-state index contributed by atoms with van der Waals surface area (Å²) in [4.78, 5) is 0. The molecule has 1 nitrogen and oxygen atoms in total. The molecule has 0 aliphatic carbocycles. The van der Waals surface area contributed by atoms with Gasteiger partial charge in [0, 0.05) is 18.0 Å². The van der Waals surface area contributed by atoms with Gasteiger partial charge in [-0.1, -0.05) is 39.8 Å². The molecule has 0 unspecified atom stereocenters. The number of nitrogens with one attached hydrogen (secondary N) is 1. The van der Waals surface area contributed by atoms with Crippen LogP contribution in [0.1, 0.15) is 33.3 Å². The Morgan fingerprint density at radius 3 is 2.20 bits per heavy atom. The Hall–Kier alpha value is -0.890. The smallest absolute Gasteiger partial charge is 0.123 e. The normalized spacial score (nSPS) is 12.1. The topological polar surface area (TPSA) is 12.0 Å². The summed E-state index contributed by atoms with van der Waals surface area (Å²) in [6.45, 7) is 9.48. The zero-order valence-electron chi connectivity index (χ0n) is 9.97. The Morgan fingerprint density at radius 1 is 1.20 bits per heavy atom. The van der Waals surface area contributed by atoms with E-state index in [4.69, 9.17) is 0 Å². The van der Waals surface area contributed by atoms with Gasteiger partial charge in [0.1, 0.15) is 5.82 Å². The predicted molar refractivity (Wildman–Crippen MR) is 62.6 cm³/mol. The molecule has 0 atom stereocenters. The van der Waals surface area contributed by atoms with E-state index in [1.54, 1.807) is 0 Å². The van der Waals surface area contributed by atoms with E-state index in [2.05, 4.69) is 33.0 Å². The number of benzene rings is 1. The summed E-state index contributed by atoms with van der Waals surface area (Å²) in [5, 5.41) is 3.41. The van der Waals surface area contributed by atoms with Crippen molar-refractivity contribution in [3.63, 3.8) is 0 Å². The zero-order valence-corrected chi connectivity index (χ0v) is 9.97. The van der Waals surface area contributed by atoms with Gasteiger partial charge in [0.15, 0.2) is 0 Å². The molecule has 15 heavy (non-hydrogen) atoms. The van der Waals surface area contributed by atoms with Crippen LogP contribution in [0, 0.1) is 5.82 Å². The molecule has 0 bridgehead atoms. The molecule has 0 fully saturated rings. The van der Waals surface area contributed by atoms with Crippen LogP contribution in [0.4, 0.5) is 4.39 Å². The number of halogens is 1. The number of rotatable bonds is 4. The van der Waals surface area contributed by atoms with Crippen molar-refractivity contribution in [3.05, 3.63) is 35.6 Å². The van der Waals surface area contributed by atoms with E-state index in [1.165, 1.54) is 12.1 Å². The van der Waals surface area contributed by atoms with Gasteiger partial charge in [-0.05, 0) is 17.7 Å². The Balaban J connectivity index is 2.72. The summed E-state index contributed by atoms with van der Waals surface area (Å²) in [6, 6.07) is 7.23. The van der Waals surface area contributed by atoms with Crippen LogP contribution in [-0.4, -0.2) is 12.6 Å². The van der Waals surface area contributed by atoms with Gasteiger partial charge in [0.05, 0.1) is 0 Å². The van der Waals surface area contributed by atoms with Gasteiger partial charge in [0.25, 0.3) is 0 Å². The van der Waals surface area contributed by atoms with Crippen LogP contribution in [0.3, 0.4) is 0 Å².